The number of hydrogen-bond donors (Lipinski definition) is 2. The van der Waals surface area contributed by atoms with Gasteiger partial charge in [0.1, 0.15) is 23.9 Å². The molecule has 6 atom stereocenters. The second-order valence-electron chi connectivity index (χ2n) is 10.00. The highest BCUT2D eigenvalue weighted by Crippen LogP contribution is 2.28. The molecule has 8 heteroatoms. The number of hydrogen-bond acceptors (Lipinski definition) is 5. The van der Waals surface area contributed by atoms with E-state index in [-0.39, 0.29) is 35.6 Å². The molecule has 3 amide bonds. The Bertz CT molecular complexity index is 930. The number of rotatable bonds is 6. The molecule has 4 rings (SSSR count). The van der Waals surface area contributed by atoms with E-state index in [1.165, 1.54) is 0 Å². The number of amides is 3. The number of likely N-dealkylation sites (tertiary alicyclic amines) is 1. The fraction of sp³-hybridized carbons (Fsp3) is 0.593. The van der Waals surface area contributed by atoms with Gasteiger partial charge in [0.2, 0.25) is 17.7 Å². The Morgan fingerprint density at radius 3 is 2.40 bits per heavy atom. The van der Waals surface area contributed by atoms with Crippen LogP contribution in [0.1, 0.15) is 52.5 Å². The molecule has 192 valence electrons. The van der Waals surface area contributed by atoms with Crippen molar-refractivity contribution in [2.45, 2.75) is 71.2 Å². The van der Waals surface area contributed by atoms with Gasteiger partial charge in [-0.3, -0.25) is 19.3 Å². The SMILES string of the molecule is CC[C@@H](C)[C@@H]1NC(=O)[C@@H]2[C@H](CCN2C(=O)[C@H]([C@H](C)CC)N(C)C)Oc2ccc(cc2)/C=C\NC1=O. The van der Waals surface area contributed by atoms with E-state index < -0.39 is 18.2 Å². The Labute approximate surface area is 209 Å². The van der Waals surface area contributed by atoms with Crippen molar-refractivity contribution in [3.8, 4) is 5.75 Å². The number of nitrogens with one attached hydrogen (secondary N) is 2. The van der Waals surface area contributed by atoms with Gasteiger partial charge in [-0.25, -0.2) is 0 Å². The highest BCUT2D eigenvalue weighted by atomic mass is 16.5. The van der Waals surface area contributed by atoms with Crippen molar-refractivity contribution < 1.29 is 19.1 Å². The van der Waals surface area contributed by atoms with Gasteiger partial charge in [-0.1, -0.05) is 52.7 Å². The van der Waals surface area contributed by atoms with Crippen molar-refractivity contribution in [2.75, 3.05) is 20.6 Å². The van der Waals surface area contributed by atoms with Crippen molar-refractivity contribution in [1.82, 2.24) is 20.4 Å². The zero-order chi connectivity index (χ0) is 25.7. The summed E-state index contributed by atoms with van der Waals surface area (Å²) in [5.41, 5.74) is 0.918. The lowest BCUT2D eigenvalue weighted by atomic mass is 9.96. The molecule has 1 fully saturated rings. The first-order valence-electron chi connectivity index (χ1n) is 12.7. The van der Waals surface area contributed by atoms with Gasteiger partial charge in [-0.2, -0.15) is 0 Å². The largest absolute Gasteiger partial charge is 0.488 e. The minimum atomic E-state index is -0.827. The first-order valence-corrected chi connectivity index (χ1v) is 12.7. The Morgan fingerprint density at radius 2 is 1.80 bits per heavy atom. The molecule has 0 saturated carbocycles. The summed E-state index contributed by atoms with van der Waals surface area (Å²) < 4.78 is 6.27. The lowest BCUT2D eigenvalue weighted by Crippen LogP contribution is -2.60. The second kappa shape index (κ2) is 11.7. The molecule has 0 unspecified atom stereocenters. The monoisotopic (exact) mass is 484 g/mol. The van der Waals surface area contributed by atoms with Crippen molar-refractivity contribution >= 4 is 23.8 Å². The van der Waals surface area contributed by atoms with Gasteiger partial charge in [0.25, 0.3) is 0 Å². The van der Waals surface area contributed by atoms with Crippen molar-refractivity contribution in [1.29, 1.82) is 0 Å². The summed E-state index contributed by atoms with van der Waals surface area (Å²) in [6.45, 7) is 8.45. The third kappa shape index (κ3) is 6.04. The van der Waals surface area contributed by atoms with Crippen LogP contribution in [0.25, 0.3) is 6.08 Å². The van der Waals surface area contributed by atoms with E-state index in [0.29, 0.717) is 25.1 Å². The van der Waals surface area contributed by atoms with E-state index in [1.807, 2.05) is 57.1 Å². The highest BCUT2D eigenvalue weighted by Gasteiger charge is 2.47. The van der Waals surface area contributed by atoms with Crippen LogP contribution in [0.15, 0.2) is 30.5 Å². The van der Waals surface area contributed by atoms with Gasteiger partial charge in [-0.05, 0) is 49.7 Å². The molecule has 3 aliphatic rings. The Kier molecular flexibility index (Phi) is 8.94. The Hall–Kier alpha value is -2.87. The smallest absolute Gasteiger partial charge is 0.247 e. The molecule has 1 aromatic rings. The summed E-state index contributed by atoms with van der Waals surface area (Å²) in [6.07, 6.45) is 4.98. The van der Waals surface area contributed by atoms with Gasteiger partial charge < -0.3 is 20.3 Å². The number of likely N-dealkylation sites (N-methyl/N-ethyl adjacent to an activating group) is 1. The van der Waals surface area contributed by atoms with Gasteiger partial charge in [0, 0.05) is 19.2 Å². The van der Waals surface area contributed by atoms with E-state index in [1.54, 1.807) is 17.2 Å². The topological polar surface area (TPSA) is 91.0 Å². The first-order chi connectivity index (χ1) is 16.7. The van der Waals surface area contributed by atoms with Crippen molar-refractivity contribution in [2.24, 2.45) is 11.8 Å². The molecule has 0 aromatic heterocycles. The molecular weight excluding hydrogens is 444 g/mol. The van der Waals surface area contributed by atoms with Crippen LogP contribution < -0.4 is 15.4 Å². The molecule has 3 aliphatic heterocycles. The molecule has 0 aliphatic carbocycles. The second-order valence-corrected chi connectivity index (χ2v) is 10.00. The molecule has 2 N–H and O–H groups in total. The molecule has 1 aromatic carbocycles. The Morgan fingerprint density at radius 1 is 1.11 bits per heavy atom. The summed E-state index contributed by atoms with van der Waals surface area (Å²) in [4.78, 5) is 44.1. The molecule has 35 heavy (non-hydrogen) atoms. The van der Waals surface area contributed by atoms with Gasteiger partial charge in [0.15, 0.2) is 0 Å². The van der Waals surface area contributed by atoms with E-state index in [2.05, 4.69) is 24.5 Å². The summed E-state index contributed by atoms with van der Waals surface area (Å²) >= 11 is 0. The normalized spacial score (nSPS) is 26.1. The van der Waals surface area contributed by atoms with Crippen molar-refractivity contribution in [3.05, 3.63) is 36.0 Å². The number of carbonyl (C=O) groups excluding carboxylic acids is 3. The van der Waals surface area contributed by atoms with Crippen LogP contribution in [0.3, 0.4) is 0 Å². The van der Waals surface area contributed by atoms with Gasteiger partial charge in [0.05, 0.1) is 6.04 Å². The number of ether oxygens (including phenoxy) is 1. The average Bonchev–Trinajstić information content (AvgIpc) is 3.25. The van der Waals surface area contributed by atoms with Crippen LogP contribution in [-0.4, -0.2) is 72.4 Å². The van der Waals surface area contributed by atoms with E-state index >= 15 is 0 Å². The van der Waals surface area contributed by atoms with Gasteiger partial charge >= 0.3 is 0 Å². The average molecular weight is 485 g/mol. The van der Waals surface area contributed by atoms with Gasteiger partial charge in [-0.15, -0.1) is 0 Å². The molecule has 2 bridgehead atoms. The number of fused-ring (bicyclic) bond motifs is 7. The maximum Gasteiger partial charge on any atom is 0.247 e. The lowest BCUT2D eigenvalue weighted by molar-refractivity contribution is -0.145. The fourth-order valence-corrected chi connectivity index (χ4v) is 4.89. The molecule has 1 saturated heterocycles. The molecule has 0 spiro atoms. The zero-order valence-electron chi connectivity index (χ0n) is 21.8. The number of carbonyl (C=O) groups is 3. The fourth-order valence-electron chi connectivity index (χ4n) is 4.89. The summed E-state index contributed by atoms with van der Waals surface area (Å²) in [5.74, 6) is -0.0445. The summed E-state index contributed by atoms with van der Waals surface area (Å²) in [6, 6.07) is 5.58. The summed E-state index contributed by atoms with van der Waals surface area (Å²) in [7, 11) is 3.79. The maximum absolute atomic E-state index is 13.8. The van der Waals surface area contributed by atoms with Crippen LogP contribution >= 0.6 is 0 Å². The van der Waals surface area contributed by atoms with E-state index in [0.717, 1.165) is 12.0 Å². The highest BCUT2D eigenvalue weighted by molar-refractivity contribution is 5.94. The summed E-state index contributed by atoms with van der Waals surface area (Å²) in [5, 5.41) is 5.76. The lowest BCUT2D eigenvalue weighted by Gasteiger charge is -2.36. The number of nitrogens with zero attached hydrogens (tertiary/aromatic N) is 2. The van der Waals surface area contributed by atoms with Crippen LogP contribution in [0, 0.1) is 11.8 Å². The minimum Gasteiger partial charge on any atom is -0.488 e. The van der Waals surface area contributed by atoms with Crippen LogP contribution in [0.5, 0.6) is 5.75 Å². The van der Waals surface area contributed by atoms with Crippen LogP contribution in [0.4, 0.5) is 0 Å². The van der Waals surface area contributed by atoms with E-state index in [9.17, 15) is 14.4 Å². The minimum absolute atomic E-state index is 0.0838. The number of benzene rings is 1. The third-order valence-corrected chi connectivity index (χ3v) is 7.35. The van der Waals surface area contributed by atoms with E-state index in [4.69, 9.17) is 4.74 Å². The third-order valence-electron chi connectivity index (χ3n) is 7.35. The predicted molar refractivity (Wildman–Crippen MR) is 136 cm³/mol. The Balaban J connectivity index is 2.00. The standard InChI is InChI=1S/C27H40N4O4/c1-7-17(3)22-25(32)28-15-13-19-9-11-20(12-10-19)35-21-14-16-31(24(21)26(33)29-22)27(34)23(30(5)6)18(4)8-2/h9-13,15,17-18,21-24H,7-8,14,16H2,1-6H3,(H,28,32)(H,29,33)/b15-13-/t17-,18-,21+,22+,23+,24+/m1/s1. The maximum atomic E-state index is 13.8. The zero-order valence-corrected chi connectivity index (χ0v) is 21.8. The van der Waals surface area contributed by atoms with Crippen LogP contribution in [-0.2, 0) is 14.4 Å². The first kappa shape index (κ1) is 26.7. The predicted octanol–water partition coefficient (Wildman–Crippen LogP) is 2.64. The van der Waals surface area contributed by atoms with Crippen molar-refractivity contribution in [3.63, 3.8) is 0 Å². The molecule has 8 nitrogen and oxygen atoms in total. The molecular formula is C27H40N4O4. The molecule has 3 heterocycles. The van der Waals surface area contributed by atoms with Crippen LogP contribution in [0.2, 0.25) is 0 Å². The quantitative estimate of drug-likeness (QED) is 0.648. The molecule has 0 radical (unpaired) electrons.